The van der Waals surface area contributed by atoms with Crippen LogP contribution in [-0.2, 0) is 0 Å². The lowest BCUT2D eigenvalue weighted by atomic mass is 10.0. The number of rotatable bonds is 2. The number of alkyl halides is 9. The molecular formula is C5H3F9. The molecule has 9 heteroatoms. The summed E-state index contributed by atoms with van der Waals surface area (Å²) in [6.07, 6.45) is -19.9. The standard InChI is InChI=1S/C5H3F9/c6-2(7)3(8,5(12,13)14)1-4(9,10)11/h2H,1H2. The Kier molecular flexibility index (Phi) is 3.34. The molecule has 86 valence electrons. The third-order valence-electron chi connectivity index (χ3n) is 1.27. The summed E-state index contributed by atoms with van der Waals surface area (Å²) < 4.78 is 104. The van der Waals surface area contributed by atoms with Crippen molar-refractivity contribution in [3.8, 4) is 0 Å². The molecule has 0 radical (unpaired) electrons. The van der Waals surface area contributed by atoms with Crippen LogP contribution in [0.2, 0.25) is 0 Å². The van der Waals surface area contributed by atoms with Gasteiger partial charge in [0.1, 0.15) is 0 Å². The van der Waals surface area contributed by atoms with Gasteiger partial charge in [0.2, 0.25) is 0 Å². The maximum atomic E-state index is 12.3. The van der Waals surface area contributed by atoms with Gasteiger partial charge in [0.15, 0.2) is 0 Å². The monoisotopic (exact) mass is 234 g/mol. The predicted octanol–water partition coefficient (Wildman–Crippen LogP) is 3.47. The molecular weight excluding hydrogens is 231 g/mol. The van der Waals surface area contributed by atoms with Gasteiger partial charge in [0.05, 0.1) is 6.42 Å². The zero-order valence-electron chi connectivity index (χ0n) is 6.19. The van der Waals surface area contributed by atoms with E-state index in [1.54, 1.807) is 0 Å². The van der Waals surface area contributed by atoms with Crippen LogP contribution in [0.5, 0.6) is 0 Å². The van der Waals surface area contributed by atoms with E-state index in [1.807, 2.05) is 0 Å². The van der Waals surface area contributed by atoms with E-state index in [1.165, 1.54) is 0 Å². The van der Waals surface area contributed by atoms with E-state index < -0.39 is 30.9 Å². The predicted molar refractivity (Wildman–Crippen MR) is 26.6 cm³/mol. The summed E-state index contributed by atoms with van der Waals surface area (Å²) >= 11 is 0. The fourth-order valence-electron chi connectivity index (χ4n) is 0.593. The van der Waals surface area contributed by atoms with Crippen molar-refractivity contribution < 1.29 is 39.5 Å². The van der Waals surface area contributed by atoms with E-state index in [9.17, 15) is 39.5 Å². The summed E-state index contributed by atoms with van der Waals surface area (Å²) in [4.78, 5) is 0. The second-order valence-corrected chi connectivity index (χ2v) is 2.45. The number of hydrogen-bond donors (Lipinski definition) is 0. The molecule has 0 saturated heterocycles. The largest absolute Gasteiger partial charge is 0.428 e. The molecule has 0 N–H and O–H groups in total. The Balaban J connectivity index is 4.94. The molecule has 1 atom stereocenters. The van der Waals surface area contributed by atoms with Gasteiger partial charge in [-0.15, -0.1) is 0 Å². The van der Waals surface area contributed by atoms with Crippen molar-refractivity contribution in [2.45, 2.75) is 30.9 Å². The van der Waals surface area contributed by atoms with Gasteiger partial charge in [-0.2, -0.15) is 26.3 Å². The molecule has 0 aliphatic carbocycles. The summed E-state index contributed by atoms with van der Waals surface area (Å²) in [7, 11) is 0. The Labute approximate surface area is 71.7 Å². The van der Waals surface area contributed by atoms with Crippen LogP contribution in [0, 0.1) is 0 Å². The second kappa shape index (κ2) is 3.50. The molecule has 0 bridgehead atoms. The summed E-state index contributed by atoms with van der Waals surface area (Å²) in [6.45, 7) is 0. The van der Waals surface area contributed by atoms with Gasteiger partial charge < -0.3 is 0 Å². The molecule has 0 aromatic carbocycles. The third-order valence-corrected chi connectivity index (χ3v) is 1.27. The van der Waals surface area contributed by atoms with E-state index in [0.717, 1.165) is 0 Å². The molecule has 0 aromatic rings. The van der Waals surface area contributed by atoms with E-state index in [4.69, 9.17) is 0 Å². The van der Waals surface area contributed by atoms with Crippen LogP contribution >= 0.6 is 0 Å². The summed E-state index contributed by atoms with van der Waals surface area (Å²) in [5, 5.41) is 0. The average molecular weight is 234 g/mol. The molecule has 1 unspecified atom stereocenters. The first-order valence-corrected chi connectivity index (χ1v) is 3.01. The van der Waals surface area contributed by atoms with Crippen molar-refractivity contribution in [3.05, 3.63) is 0 Å². The molecule has 0 amide bonds. The Hall–Kier alpha value is -0.630. The second-order valence-electron chi connectivity index (χ2n) is 2.45. The van der Waals surface area contributed by atoms with Gasteiger partial charge in [-0.3, -0.25) is 0 Å². The van der Waals surface area contributed by atoms with Crippen molar-refractivity contribution in [2.75, 3.05) is 0 Å². The minimum absolute atomic E-state index is 3.25. The van der Waals surface area contributed by atoms with Gasteiger partial charge in [0, 0.05) is 0 Å². The number of halogens is 9. The fourth-order valence-corrected chi connectivity index (χ4v) is 0.593. The van der Waals surface area contributed by atoms with Crippen molar-refractivity contribution in [1.29, 1.82) is 0 Å². The zero-order chi connectivity index (χ0) is 11.8. The number of hydrogen-bond acceptors (Lipinski definition) is 0. The van der Waals surface area contributed by atoms with Gasteiger partial charge in [-0.05, 0) is 0 Å². The first kappa shape index (κ1) is 13.4. The molecule has 14 heavy (non-hydrogen) atoms. The van der Waals surface area contributed by atoms with Crippen molar-refractivity contribution in [3.63, 3.8) is 0 Å². The van der Waals surface area contributed by atoms with E-state index in [2.05, 4.69) is 0 Å². The minimum atomic E-state index is -6.25. The maximum absolute atomic E-state index is 12.3. The lowest BCUT2D eigenvalue weighted by Gasteiger charge is -2.27. The normalized spacial score (nSPS) is 18.4. The summed E-state index contributed by atoms with van der Waals surface area (Å²) in [6, 6.07) is 0. The van der Waals surface area contributed by atoms with Gasteiger partial charge in [-0.1, -0.05) is 0 Å². The van der Waals surface area contributed by atoms with Crippen LogP contribution in [0.15, 0.2) is 0 Å². The van der Waals surface area contributed by atoms with Crippen LogP contribution in [0.1, 0.15) is 6.42 Å². The van der Waals surface area contributed by atoms with E-state index >= 15 is 0 Å². The molecule has 0 heterocycles. The van der Waals surface area contributed by atoms with E-state index in [0.29, 0.717) is 0 Å². The highest BCUT2D eigenvalue weighted by Crippen LogP contribution is 2.45. The van der Waals surface area contributed by atoms with Crippen molar-refractivity contribution >= 4 is 0 Å². The molecule has 0 saturated carbocycles. The topological polar surface area (TPSA) is 0 Å². The van der Waals surface area contributed by atoms with Crippen LogP contribution in [-0.4, -0.2) is 24.4 Å². The molecule has 0 nitrogen and oxygen atoms in total. The summed E-state index contributed by atoms with van der Waals surface area (Å²) in [5.41, 5.74) is -5.54. The van der Waals surface area contributed by atoms with Crippen LogP contribution in [0.4, 0.5) is 39.5 Å². The Morgan fingerprint density at radius 1 is 0.786 bits per heavy atom. The molecule has 0 aliphatic heterocycles. The highest BCUT2D eigenvalue weighted by molar-refractivity contribution is 4.92. The highest BCUT2D eigenvalue weighted by Gasteiger charge is 2.66. The molecule has 0 fully saturated rings. The SMILES string of the molecule is FC(F)C(F)(CC(F)(F)F)C(F)(F)F. The minimum Gasteiger partial charge on any atom is -0.227 e. The smallest absolute Gasteiger partial charge is 0.227 e. The average Bonchev–Trinajstić information content (AvgIpc) is 1.79. The lowest BCUT2D eigenvalue weighted by molar-refractivity contribution is -0.299. The van der Waals surface area contributed by atoms with Gasteiger partial charge in [-0.25, -0.2) is 13.2 Å². The van der Waals surface area contributed by atoms with Gasteiger partial charge in [0.25, 0.3) is 12.1 Å². The van der Waals surface area contributed by atoms with Crippen molar-refractivity contribution in [1.82, 2.24) is 0 Å². The Morgan fingerprint density at radius 2 is 1.14 bits per heavy atom. The Morgan fingerprint density at radius 3 is 1.21 bits per heavy atom. The van der Waals surface area contributed by atoms with Crippen LogP contribution in [0.25, 0.3) is 0 Å². The first-order valence-electron chi connectivity index (χ1n) is 3.01. The molecule has 0 rings (SSSR count). The Bertz CT molecular complexity index is 188. The van der Waals surface area contributed by atoms with Crippen molar-refractivity contribution in [2.24, 2.45) is 0 Å². The summed E-state index contributed by atoms with van der Waals surface area (Å²) in [5.74, 6) is 0. The van der Waals surface area contributed by atoms with E-state index in [-0.39, 0.29) is 0 Å². The lowest BCUT2D eigenvalue weighted by Crippen LogP contribution is -2.50. The quantitative estimate of drug-likeness (QED) is 0.641. The van der Waals surface area contributed by atoms with Gasteiger partial charge >= 0.3 is 12.4 Å². The zero-order valence-corrected chi connectivity index (χ0v) is 6.19. The van der Waals surface area contributed by atoms with Crippen LogP contribution < -0.4 is 0 Å². The first-order chi connectivity index (χ1) is 5.90. The fraction of sp³-hybridized carbons (Fsp3) is 1.00. The maximum Gasteiger partial charge on any atom is 0.428 e. The molecule has 0 aromatic heterocycles. The molecule has 0 spiro atoms. The van der Waals surface area contributed by atoms with Crippen LogP contribution in [0.3, 0.4) is 0 Å². The molecule has 0 aliphatic rings. The highest BCUT2D eigenvalue weighted by atomic mass is 19.4. The third kappa shape index (κ3) is 2.95.